The van der Waals surface area contributed by atoms with E-state index in [1.54, 1.807) is 0 Å². The summed E-state index contributed by atoms with van der Waals surface area (Å²) in [6.45, 7) is 0. The molecular formula is C9H10N2O4. The largest absolute Gasteiger partial charge is 0.479 e. The molecule has 1 aromatic rings. The zero-order valence-corrected chi connectivity index (χ0v) is 7.68. The number of aldehydes is 1. The molecule has 80 valence electrons. The highest BCUT2D eigenvalue weighted by molar-refractivity contribution is 5.84. The van der Waals surface area contributed by atoms with Gasteiger partial charge in [-0.1, -0.05) is 6.07 Å². The summed E-state index contributed by atoms with van der Waals surface area (Å²) in [5.41, 5.74) is 2.89. The summed E-state index contributed by atoms with van der Waals surface area (Å²) in [5.74, 6) is 3.70. The van der Waals surface area contributed by atoms with Crippen LogP contribution in [-0.2, 0) is 4.79 Å². The molecule has 6 nitrogen and oxygen atoms in total. The number of aliphatic hydroxyl groups is 1. The van der Waals surface area contributed by atoms with Crippen LogP contribution in [0.3, 0.4) is 0 Å². The molecule has 0 spiro atoms. The fraction of sp³-hybridized carbons (Fsp3) is 0.111. The van der Waals surface area contributed by atoms with Crippen molar-refractivity contribution >= 4 is 17.9 Å². The van der Waals surface area contributed by atoms with Crippen LogP contribution in [0.5, 0.6) is 0 Å². The number of hydrogen-bond donors (Lipinski definition) is 4. The van der Waals surface area contributed by atoms with Gasteiger partial charge in [0.25, 0.3) is 0 Å². The van der Waals surface area contributed by atoms with Crippen LogP contribution in [0.25, 0.3) is 0 Å². The van der Waals surface area contributed by atoms with Gasteiger partial charge in [0.05, 0.1) is 0 Å². The summed E-state index contributed by atoms with van der Waals surface area (Å²) >= 11 is 0. The summed E-state index contributed by atoms with van der Waals surface area (Å²) in [4.78, 5) is 21.2. The number of rotatable bonds is 4. The molecule has 0 aliphatic rings. The third-order valence-electron chi connectivity index (χ3n) is 1.91. The standard InChI is InChI=1S/C9H10N2O4/c10-11-6-1-2-7(5(3-6)4-12)8(13)9(14)15/h1-4,8,11,13H,10H2,(H,14,15). The third kappa shape index (κ3) is 2.30. The van der Waals surface area contributed by atoms with E-state index in [1.165, 1.54) is 18.2 Å². The second-order valence-corrected chi connectivity index (χ2v) is 2.85. The molecule has 0 aromatic heterocycles. The number of nitrogens with two attached hydrogens (primary N) is 1. The quantitative estimate of drug-likeness (QED) is 0.313. The second kappa shape index (κ2) is 4.54. The molecule has 0 fully saturated rings. The zero-order chi connectivity index (χ0) is 11.4. The topological polar surface area (TPSA) is 113 Å². The molecule has 15 heavy (non-hydrogen) atoms. The molecule has 1 rings (SSSR count). The maximum Gasteiger partial charge on any atom is 0.337 e. The van der Waals surface area contributed by atoms with Crippen LogP contribution < -0.4 is 11.3 Å². The van der Waals surface area contributed by atoms with Gasteiger partial charge in [0.1, 0.15) is 0 Å². The fourth-order valence-electron chi connectivity index (χ4n) is 1.15. The van der Waals surface area contributed by atoms with Crippen molar-refractivity contribution < 1.29 is 19.8 Å². The van der Waals surface area contributed by atoms with Crippen LogP contribution in [0.2, 0.25) is 0 Å². The predicted molar refractivity (Wildman–Crippen MR) is 52.2 cm³/mol. The molecule has 0 saturated heterocycles. The average Bonchev–Trinajstić information content (AvgIpc) is 2.27. The molecule has 0 saturated carbocycles. The third-order valence-corrected chi connectivity index (χ3v) is 1.91. The molecule has 0 radical (unpaired) electrons. The summed E-state index contributed by atoms with van der Waals surface area (Å²) in [6.07, 6.45) is -1.25. The van der Waals surface area contributed by atoms with Gasteiger partial charge in [-0.3, -0.25) is 10.6 Å². The number of anilines is 1. The minimum Gasteiger partial charge on any atom is -0.479 e. The summed E-state index contributed by atoms with van der Waals surface area (Å²) < 4.78 is 0. The van der Waals surface area contributed by atoms with Gasteiger partial charge < -0.3 is 15.6 Å². The van der Waals surface area contributed by atoms with Crippen molar-refractivity contribution in [3.8, 4) is 0 Å². The molecule has 0 bridgehead atoms. The molecule has 6 heteroatoms. The zero-order valence-electron chi connectivity index (χ0n) is 7.68. The molecular weight excluding hydrogens is 200 g/mol. The number of nitrogen functional groups attached to an aromatic ring is 1. The Labute approximate surface area is 85.3 Å². The Hall–Kier alpha value is -1.92. The lowest BCUT2D eigenvalue weighted by molar-refractivity contribution is -0.146. The van der Waals surface area contributed by atoms with Gasteiger partial charge in [0.2, 0.25) is 0 Å². The number of benzene rings is 1. The van der Waals surface area contributed by atoms with Crippen molar-refractivity contribution in [1.82, 2.24) is 0 Å². The Morgan fingerprint density at radius 2 is 2.20 bits per heavy atom. The molecule has 5 N–H and O–H groups in total. The molecule has 0 amide bonds. The maximum atomic E-state index is 10.6. The number of aliphatic hydroxyl groups excluding tert-OH is 1. The van der Waals surface area contributed by atoms with E-state index in [-0.39, 0.29) is 11.1 Å². The number of aliphatic carboxylic acids is 1. The fourth-order valence-corrected chi connectivity index (χ4v) is 1.15. The Morgan fingerprint density at radius 3 is 2.67 bits per heavy atom. The van der Waals surface area contributed by atoms with E-state index in [9.17, 15) is 14.7 Å². The number of carboxylic acid groups (broad SMARTS) is 1. The van der Waals surface area contributed by atoms with Crippen molar-refractivity contribution in [2.45, 2.75) is 6.10 Å². The molecule has 1 atom stereocenters. The highest BCUT2D eigenvalue weighted by atomic mass is 16.4. The first-order valence-corrected chi connectivity index (χ1v) is 4.06. The van der Waals surface area contributed by atoms with Gasteiger partial charge in [-0.15, -0.1) is 0 Å². The van der Waals surface area contributed by atoms with Gasteiger partial charge >= 0.3 is 5.97 Å². The van der Waals surface area contributed by atoms with Crippen molar-refractivity contribution in [1.29, 1.82) is 0 Å². The van der Waals surface area contributed by atoms with Crippen LogP contribution in [-0.4, -0.2) is 22.5 Å². The Morgan fingerprint density at radius 1 is 1.53 bits per heavy atom. The summed E-state index contributed by atoms with van der Waals surface area (Å²) in [6, 6.07) is 4.15. The minimum absolute atomic E-state index is 0.0384. The SMILES string of the molecule is NNc1ccc(C(O)C(=O)O)c(C=O)c1. The lowest BCUT2D eigenvalue weighted by Gasteiger charge is -2.09. The Bertz CT molecular complexity index is 392. The highest BCUT2D eigenvalue weighted by Gasteiger charge is 2.19. The number of carbonyl (C=O) groups excluding carboxylic acids is 1. The van der Waals surface area contributed by atoms with Crippen molar-refractivity contribution in [3.05, 3.63) is 29.3 Å². The molecule has 0 aliphatic heterocycles. The van der Waals surface area contributed by atoms with E-state index < -0.39 is 12.1 Å². The van der Waals surface area contributed by atoms with E-state index >= 15 is 0 Å². The average molecular weight is 210 g/mol. The van der Waals surface area contributed by atoms with Gasteiger partial charge in [0.15, 0.2) is 12.4 Å². The molecule has 0 heterocycles. The van der Waals surface area contributed by atoms with Crippen LogP contribution in [0, 0.1) is 0 Å². The van der Waals surface area contributed by atoms with Crippen LogP contribution in [0.4, 0.5) is 5.69 Å². The van der Waals surface area contributed by atoms with Crippen LogP contribution in [0.15, 0.2) is 18.2 Å². The summed E-state index contributed by atoms with van der Waals surface area (Å²) in [5, 5.41) is 17.8. The van der Waals surface area contributed by atoms with Gasteiger partial charge in [-0.2, -0.15) is 0 Å². The first kappa shape index (κ1) is 11.2. The number of hydrazine groups is 1. The van der Waals surface area contributed by atoms with Gasteiger partial charge in [-0.05, 0) is 12.1 Å². The van der Waals surface area contributed by atoms with Crippen molar-refractivity contribution in [3.63, 3.8) is 0 Å². The number of nitrogens with one attached hydrogen (secondary N) is 1. The molecule has 1 aromatic carbocycles. The van der Waals surface area contributed by atoms with Gasteiger partial charge in [0, 0.05) is 16.8 Å². The van der Waals surface area contributed by atoms with E-state index in [0.29, 0.717) is 12.0 Å². The minimum atomic E-state index is -1.71. The first-order chi connectivity index (χ1) is 7.10. The van der Waals surface area contributed by atoms with Crippen LogP contribution in [0.1, 0.15) is 22.0 Å². The van der Waals surface area contributed by atoms with Crippen molar-refractivity contribution in [2.24, 2.45) is 5.84 Å². The number of carboxylic acids is 1. The normalized spacial score (nSPS) is 11.9. The van der Waals surface area contributed by atoms with E-state index in [2.05, 4.69) is 5.43 Å². The molecule has 1 unspecified atom stereocenters. The smallest absolute Gasteiger partial charge is 0.337 e. The van der Waals surface area contributed by atoms with E-state index in [4.69, 9.17) is 10.9 Å². The second-order valence-electron chi connectivity index (χ2n) is 2.85. The van der Waals surface area contributed by atoms with Crippen molar-refractivity contribution in [2.75, 3.05) is 5.43 Å². The predicted octanol–water partition coefficient (Wildman–Crippen LogP) is -0.0973. The molecule has 0 aliphatic carbocycles. The maximum absolute atomic E-state index is 10.6. The van der Waals surface area contributed by atoms with E-state index in [1.807, 2.05) is 0 Å². The van der Waals surface area contributed by atoms with Gasteiger partial charge in [-0.25, -0.2) is 4.79 Å². The van der Waals surface area contributed by atoms with E-state index in [0.717, 1.165) is 0 Å². The lowest BCUT2D eigenvalue weighted by Crippen LogP contribution is -2.13. The monoisotopic (exact) mass is 210 g/mol. The van der Waals surface area contributed by atoms with Crippen LogP contribution >= 0.6 is 0 Å². The number of hydrogen-bond acceptors (Lipinski definition) is 5. The first-order valence-electron chi connectivity index (χ1n) is 4.06. The highest BCUT2D eigenvalue weighted by Crippen LogP contribution is 2.20. The Kier molecular flexibility index (Phi) is 3.37. The number of carbonyl (C=O) groups is 2. The lowest BCUT2D eigenvalue weighted by atomic mass is 10.0. The Balaban J connectivity index is 3.18. The summed E-state index contributed by atoms with van der Waals surface area (Å²) in [7, 11) is 0.